The Hall–Kier alpha value is -3.54. The second kappa shape index (κ2) is 9.31. The second-order valence-corrected chi connectivity index (χ2v) is 6.92. The number of primary amides is 1. The number of ether oxygens (including phenoxy) is 1. The van der Waals surface area contributed by atoms with E-state index >= 15 is 0 Å². The molecule has 3 heterocycles. The van der Waals surface area contributed by atoms with Crippen molar-refractivity contribution in [3.63, 3.8) is 0 Å². The van der Waals surface area contributed by atoms with Gasteiger partial charge in [0.05, 0.1) is 25.2 Å². The van der Waals surface area contributed by atoms with Crippen molar-refractivity contribution in [3.05, 3.63) is 47.4 Å². The third-order valence-corrected chi connectivity index (χ3v) is 4.86. The van der Waals surface area contributed by atoms with E-state index in [2.05, 4.69) is 15.5 Å². The fraction of sp³-hybridized carbons (Fsp3) is 0.278. The van der Waals surface area contributed by atoms with Crippen molar-refractivity contribution >= 4 is 35.4 Å². The van der Waals surface area contributed by atoms with Crippen molar-refractivity contribution in [1.82, 2.24) is 14.8 Å². The maximum absolute atomic E-state index is 12.4. The zero-order valence-electron chi connectivity index (χ0n) is 16.2. The van der Waals surface area contributed by atoms with Crippen molar-refractivity contribution in [3.8, 4) is 0 Å². The summed E-state index contributed by atoms with van der Waals surface area (Å²) in [6, 6.07) is 3.58. The first-order valence-electron chi connectivity index (χ1n) is 8.83. The second-order valence-electron chi connectivity index (χ2n) is 5.98. The molecule has 0 saturated carbocycles. The number of nitrogens with two attached hydrogens (primary N) is 1. The van der Waals surface area contributed by atoms with E-state index in [0.717, 1.165) is 11.8 Å². The third kappa shape index (κ3) is 4.71. The minimum absolute atomic E-state index is 0.0520. The van der Waals surface area contributed by atoms with Crippen LogP contribution in [-0.2, 0) is 16.1 Å². The minimum atomic E-state index is -0.920. The van der Waals surface area contributed by atoms with Gasteiger partial charge < -0.3 is 23.9 Å². The van der Waals surface area contributed by atoms with Crippen molar-refractivity contribution in [2.24, 2.45) is 5.73 Å². The number of nitrogens with one attached hydrogen (secondary N) is 1. The lowest BCUT2D eigenvalue weighted by Crippen LogP contribution is -2.21. The molecule has 0 aliphatic heterocycles. The summed E-state index contributed by atoms with van der Waals surface area (Å²) in [7, 11) is 0. The van der Waals surface area contributed by atoms with Crippen LogP contribution < -0.4 is 11.1 Å². The Morgan fingerprint density at radius 2 is 2.13 bits per heavy atom. The van der Waals surface area contributed by atoms with Crippen molar-refractivity contribution in [1.29, 1.82) is 0 Å². The summed E-state index contributed by atoms with van der Waals surface area (Å²) >= 11 is 1.13. The van der Waals surface area contributed by atoms with Gasteiger partial charge in [0.2, 0.25) is 11.8 Å². The highest BCUT2D eigenvalue weighted by atomic mass is 32.2. The molecule has 3 aromatic rings. The Balaban J connectivity index is 1.69. The summed E-state index contributed by atoms with van der Waals surface area (Å²) < 4.78 is 17.3. The molecule has 3 rings (SSSR count). The number of amides is 2. The van der Waals surface area contributed by atoms with Gasteiger partial charge >= 0.3 is 5.97 Å². The van der Waals surface area contributed by atoms with Crippen LogP contribution in [0, 0.1) is 6.92 Å². The lowest BCUT2D eigenvalue weighted by Gasteiger charge is -2.06. The number of nitrogens with zero attached hydrogens (tertiary/aromatic N) is 3. The largest absolute Gasteiger partial charge is 0.467 e. The van der Waals surface area contributed by atoms with Crippen molar-refractivity contribution in [2.75, 3.05) is 17.7 Å². The first-order chi connectivity index (χ1) is 14.4. The number of anilines is 1. The van der Waals surface area contributed by atoms with Gasteiger partial charge in [0.25, 0.3) is 5.91 Å². The molecule has 0 aliphatic carbocycles. The molecule has 0 saturated heterocycles. The normalized spacial score (nSPS) is 10.7. The van der Waals surface area contributed by atoms with Crippen LogP contribution in [0.25, 0.3) is 0 Å². The summed E-state index contributed by atoms with van der Waals surface area (Å²) in [6.45, 7) is 3.62. The average Bonchev–Trinajstić information content (AvgIpc) is 3.41. The SMILES string of the molecule is CCOC(=O)c1c(C)oc(NC(=O)CSc2nncn2Cc2ccco2)c1C(N)=O. The molecule has 3 N–H and O–H groups in total. The smallest absolute Gasteiger partial charge is 0.342 e. The summed E-state index contributed by atoms with van der Waals surface area (Å²) in [5.41, 5.74) is 5.04. The molecule has 11 nitrogen and oxygen atoms in total. The molecule has 0 unspecified atom stereocenters. The number of aryl methyl sites for hydroxylation is 1. The standard InChI is InChI=1S/C18H19N5O6S/c1-3-27-17(26)13-10(2)29-16(14(13)15(19)25)21-12(24)8-30-18-22-20-9-23(18)7-11-5-4-6-28-11/h4-6,9H,3,7-8H2,1-2H3,(H2,19,25)(H,21,24). The Kier molecular flexibility index (Phi) is 6.57. The van der Waals surface area contributed by atoms with Gasteiger partial charge in [-0.2, -0.15) is 0 Å². The van der Waals surface area contributed by atoms with Gasteiger partial charge in [0.15, 0.2) is 5.16 Å². The Morgan fingerprint density at radius 1 is 1.33 bits per heavy atom. The summed E-state index contributed by atoms with van der Waals surface area (Å²) in [4.78, 5) is 36.4. The highest BCUT2D eigenvalue weighted by molar-refractivity contribution is 7.99. The van der Waals surface area contributed by atoms with Gasteiger partial charge in [-0.15, -0.1) is 10.2 Å². The fourth-order valence-electron chi connectivity index (χ4n) is 2.64. The molecule has 0 aromatic carbocycles. The van der Waals surface area contributed by atoms with Gasteiger partial charge in [-0.25, -0.2) is 4.79 Å². The Morgan fingerprint density at radius 3 is 2.80 bits per heavy atom. The monoisotopic (exact) mass is 433 g/mol. The summed E-state index contributed by atoms with van der Waals surface area (Å²) in [5, 5.41) is 10.8. The predicted octanol–water partition coefficient (Wildman–Crippen LogP) is 1.83. The maximum Gasteiger partial charge on any atom is 0.342 e. The number of carbonyl (C=O) groups is 3. The third-order valence-electron chi connectivity index (χ3n) is 3.88. The van der Waals surface area contributed by atoms with Crippen LogP contribution in [0.3, 0.4) is 0 Å². The van der Waals surface area contributed by atoms with Crippen molar-refractivity contribution in [2.45, 2.75) is 25.5 Å². The van der Waals surface area contributed by atoms with E-state index < -0.39 is 17.8 Å². The molecule has 30 heavy (non-hydrogen) atoms. The van der Waals surface area contributed by atoms with Crippen LogP contribution in [0.15, 0.2) is 38.7 Å². The number of aromatic nitrogens is 3. The topological polar surface area (TPSA) is 155 Å². The van der Waals surface area contributed by atoms with E-state index in [4.69, 9.17) is 19.3 Å². The van der Waals surface area contributed by atoms with Crippen LogP contribution in [-0.4, -0.2) is 44.9 Å². The molecule has 0 aliphatic rings. The van der Waals surface area contributed by atoms with Gasteiger partial charge in [-0.05, 0) is 26.0 Å². The highest BCUT2D eigenvalue weighted by Crippen LogP contribution is 2.28. The van der Waals surface area contributed by atoms with Crippen molar-refractivity contribution < 1.29 is 28.0 Å². The van der Waals surface area contributed by atoms with Gasteiger partial charge in [-0.3, -0.25) is 14.9 Å². The van der Waals surface area contributed by atoms with E-state index in [9.17, 15) is 14.4 Å². The molecule has 0 atom stereocenters. The average molecular weight is 433 g/mol. The molecular formula is C18H19N5O6S. The highest BCUT2D eigenvalue weighted by Gasteiger charge is 2.29. The molecule has 2 amide bonds. The zero-order chi connectivity index (χ0) is 21.7. The quantitative estimate of drug-likeness (QED) is 0.379. The Labute approximate surface area is 174 Å². The molecular weight excluding hydrogens is 414 g/mol. The minimum Gasteiger partial charge on any atom is -0.467 e. The van der Waals surface area contributed by atoms with Gasteiger partial charge in [0, 0.05) is 0 Å². The number of thioether (sulfide) groups is 1. The molecule has 3 aromatic heterocycles. The summed E-state index contributed by atoms with van der Waals surface area (Å²) in [6.07, 6.45) is 3.08. The number of esters is 1. The van der Waals surface area contributed by atoms with Crippen LogP contribution in [0.4, 0.5) is 5.88 Å². The predicted molar refractivity (Wildman–Crippen MR) is 105 cm³/mol. The first kappa shape index (κ1) is 21.2. The number of carbonyl (C=O) groups excluding carboxylic acids is 3. The van der Waals surface area contributed by atoms with E-state index in [1.807, 2.05) is 6.07 Å². The van der Waals surface area contributed by atoms with Crippen LogP contribution >= 0.6 is 11.8 Å². The summed E-state index contributed by atoms with van der Waals surface area (Å²) in [5.74, 6) is -1.59. The number of hydrogen-bond acceptors (Lipinski definition) is 9. The van der Waals surface area contributed by atoms with E-state index in [0.29, 0.717) is 17.5 Å². The van der Waals surface area contributed by atoms with E-state index in [-0.39, 0.29) is 35.1 Å². The zero-order valence-corrected chi connectivity index (χ0v) is 17.0. The van der Waals surface area contributed by atoms with Crippen LogP contribution in [0.2, 0.25) is 0 Å². The van der Waals surface area contributed by atoms with Gasteiger partial charge in [-0.1, -0.05) is 11.8 Å². The number of rotatable bonds is 9. The number of hydrogen-bond donors (Lipinski definition) is 2. The van der Waals surface area contributed by atoms with Crippen LogP contribution in [0.1, 0.15) is 39.2 Å². The molecule has 12 heteroatoms. The lowest BCUT2D eigenvalue weighted by molar-refractivity contribution is -0.113. The molecule has 0 spiro atoms. The van der Waals surface area contributed by atoms with Gasteiger partial charge in [0.1, 0.15) is 29.0 Å². The van der Waals surface area contributed by atoms with Crippen LogP contribution in [0.5, 0.6) is 0 Å². The first-order valence-corrected chi connectivity index (χ1v) is 9.82. The van der Waals surface area contributed by atoms with E-state index in [1.165, 1.54) is 13.3 Å². The molecule has 0 fully saturated rings. The maximum atomic E-state index is 12.4. The molecule has 0 radical (unpaired) electrons. The van der Waals surface area contributed by atoms with E-state index in [1.54, 1.807) is 23.8 Å². The number of furan rings is 2. The fourth-order valence-corrected chi connectivity index (χ4v) is 3.36. The lowest BCUT2D eigenvalue weighted by atomic mass is 10.1. The Bertz CT molecular complexity index is 1060. The molecule has 158 valence electrons. The molecule has 0 bridgehead atoms.